The van der Waals surface area contributed by atoms with Crippen LogP contribution in [0.5, 0.6) is 5.75 Å². The van der Waals surface area contributed by atoms with Gasteiger partial charge in [-0.05, 0) is 29.8 Å². The lowest BCUT2D eigenvalue weighted by Crippen LogP contribution is -2.25. The van der Waals surface area contributed by atoms with Crippen molar-refractivity contribution in [2.24, 2.45) is 0 Å². The van der Waals surface area contributed by atoms with Gasteiger partial charge >= 0.3 is 0 Å². The third-order valence-electron chi connectivity index (χ3n) is 3.21. The van der Waals surface area contributed by atoms with E-state index in [-0.39, 0.29) is 5.82 Å². The lowest BCUT2D eigenvalue weighted by atomic mass is 10.1. The van der Waals surface area contributed by atoms with E-state index in [2.05, 4.69) is 9.88 Å². The molecule has 0 unspecified atom stereocenters. The third-order valence-corrected chi connectivity index (χ3v) is 3.21. The van der Waals surface area contributed by atoms with Crippen molar-refractivity contribution in [2.75, 3.05) is 13.2 Å². The summed E-state index contributed by atoms with van der Waals surface area (Å²) in [5.74, 6) is 0.570. The van der Waals surface area contributed by atoms with Gasteiger partial charge in [0.25, 0.3) is 0 Å². The second kappa shape index (κ2) is 5.36. The molecule has 0 radical (unpaired) electrons. The van der Waals surface area contributed by atoms with Crippen LogP contribution < -0.4 is 4.74 Å². The van der Waals surface area contributed by atoms with Gasteiger partial charge in [-0.15, -0.1) is 0 Å². The molecule has 1 aromatic carbocycles. The SMILES string of the molecule is Fc1ccc2c(c1)CN(Cc1cccnc1)CCO2. The minimum Gasteiger partial charge on any atom is -0.492 e. The zero-order valence-electron chi connectivity index (χ0n) is 10.6. The number of hydrogen-bond acceptors (Lipinski definition) is 3. The fourth-order valence-corrected chi connectivity index (χ4v) is 2.30. The summed E-state index contributed by atoms with van der Waals surface area (Å²) in [6.07, 6.45) is 3.62. The van der Waals surface area contributed by atoms with Crippen LogP contribution in [-0.4, -0.2) is 23.0 Å². The Balaban J connectivity index is 1.78. The molecule has 0 amide bonds. The Morgan fingerprint density at radius 3 is 3.11 bits per heavy atom. The van der Waals surface area contributed by atoms with Gasteiger partial charge in [0.2, 0.25) is 0 Å². The van der Waals surface area contributed by atoms with Crippen LogP contribution in [-0.2, 0) is 13.1 Å². The highest BCUT2D eigenvalue weighted by Crippen LogP contribution is 2.24. The van der Waals surface area contributed by atoms with E-state index in [4.69, 9.17) is 4.74 Å². The molecule has 0 N–H and O–H groups in total. The molecule has 3 rings (SSSR count). The second-order valence-electron chi connectivity index (χ2n) is 4.67. The van der Waals surface area contributed by atoms with Gasteiger partial charge in [0.05, 0.1) is 0 Å². The highest BCUT2D eigenvalue weighted by atomic mass is 19.1. The van der Waals surface area contributed by atoms with Crippen molar-refractivity contribution in [1.82, 2.24) is 9.88 Å². The third kappa shape index (κ3) is 2.90. The van der Waals surface area contributed by atoms with Gasteiger partial charge in [-0.2, -0.15) is 0 Å². The fourth-order valence-electron chi connectivity index (χ4n) is 2.30. The number of pyridine rings is 1. The molecule has 0 aliphatic carbocycles. The molecule has 3 nitrogen and oxygen atoms in total. The smallest absolute Gasteiger partial charge is 0.124 e. The van der Waals surface area contributed by atoms with Crippen LogP contribution in [0, 0.1) is 5.82 Å². The second-order valence-corrected chi connectivity index (χ2v) is 4.67. The van der Waals surface area contributed by atoms with Crippen molar-refractivity contribution in [3.05, 3.63) is 59.7 Å². The molecule has 0 saturated carbocycles. The van der Waals surface area contributed by atoms with Crippen LogP contribution in [0.2, 0.25) is 0 Å². The summed E-state index contributed by atoms with van der Waals surface area (Å²) in [6, 6.07) is 8.67. The molecular weight excluding hydrogens is 243 g/mol. The van der Waals surface area contributed by atoms with E-state index in [1.165, 1.54) is 6.07 Å². The number of ether oxygens (including phenoxy) is 1. The van der Waals surface area contributed by atoms with E-state index < -0.39 is 0 Å². The maximum atomic E-state index is 13.3. The molecule has 0 fully saturated rings. The highest BCUT2D eigenvalue weighted by Gasteiger charge is 2.16. The zero-order valence-corrected chi connectivity index (χ0v) is 10.6. The summed E-state index contributed by atoms with van der Waals surface area (Å²) in [6.45, 7) is 2.94. The quantitative estimate of drug-likeness (QED) is 0.828. The zero-order chi connectivity index (χ0) is 13.1. The van der Waals surface area contributed by atoms with Gasteiger partial charge in [-0.3, -0.25) is 9.88 Å². The normalized spacial score (nSPS) is 15.4. The van der Waals surface area contributed by atoms with E-state index >= 15 is 0 Å². The first kappa shape index (κ1) is 12.1. The maximum Gasteiger partial charge on any atom is 0.124 e. The lowest BCUT2D eigenvalue weighted by molar-refractivity contribution is 0.219. The van der Waals surface area contributed by atoms with Crippen molar-refractivity contribution in [1.29, 1.82) is 0 Å². The standard InChI is InChI=1S/C15H15FN2O/c16-14-3-4-15-13(8-14)11-18(6-7-19-15)10-12-2-1-5-17-9-12/h1-5,8-9H,6-7,10-11H2. The maximum absolute atomic E-state index is 13.3. The van der Waals surface area contributed by atoms with E-state index in [1.807, 2.05) is 18.3 Å². The van der Waals surface area contributed by atoms with Crippen molar-refractivity contribution in [3.63, 3.8) is 0 Å². The Bertz CT molecular complexity index is 559. The summed E-state index contributed by atoms with van der Waals surface area (Å²) in [4.78, 5) is 6.35. The van der Waals surface area contributed by atoms with Crippen molar-refractivity contribution in [3.8, 4) is 5.75 Å². The van der Waals surface area contributed by atoms with Gasteiger partial charge in [0.1, 0.15) is 18.2 Å². The molecule has 19 heavy (non-hydrogen) atoms. The molecule has 0 saturated heterocycles. The van der Waals surface area contributed by atoms with Crippen LogP contribution in [0.4, 0.5) is 4.39 Å². The average molecular weight is 258 g/mol. The molecule has 0 bridgehead atoms. The van der Waals surface area contributed by atoms with Gasteiger partial charge in [-0.1, -0.05) is 6.07 Å². The first-order chi connectivity index (χ1) is 9.31. The van der Waals surface area contributed by atoms with E-state index in [0.29, 0.717) is 13.2 Å². The Labute approximate surface area is 111 Å². The van der Waals surface area contributed by atoms with Crippen molar-refractivity contribution < 1.29 is 9.13 Å². The largest absolute Gasteiger partial charge is 0.492 e. The Hall–Kier alpha value is -1.94. The van der Waals surface area contributed by atoms with Gasteiger partial charge in [-0.25, -0.2) is 4.39 Å². The minimum absolute atomic E-state index is 0.217. The van der Waals surface area contributed by atoms with Crippen LogP contribution in [0.25, 0.3) is 0 Å². The molecule has 4 heteroatoms. The van der Waals surface area contributed by atoms with Crippen molar-refractivity contribution >= 4 is 0 Å². The van der Waals surface area contributed by atoms with Gasteiger partial charge in [0.15, 0.2) is 0 Å². The van der Waals surface area contributed by atoms with Crippen LogP contribution >= 0.6 is 0 Å². The molecule has 0 spiro atoms. The van der Waals surface area contributed by atoms with Gasteiger partial charge in [0, 0.05) is 37.6 Å². The van der Waals surface area contributed by atoms with E-state index in [9.17, 15) is 4.39 Å². The minimum atomic E-state index is -0.217. The summed E-state index contributed by atoms with van der Waals surface area (Å²) in [5, 5.41) is 0. The Morgan fingerprint density at radius 2 is 2.26 bits per heavy atom. The predicted molar refractivity (Wildman–Crippen MR) is 70.2 cm³/mol. The summed E-state index contributed by atoms with van der Waals surface area (Å²) in [7, 11) is 0. The molecule has 2 aromatic rings. The van der Waals surface area contributed by atoms with Gasteiger partial charge < -0.3 is 4.74 Å². The van der Waals surface area contributed by atoms with Crippen molar-refractivity contribution in [2.45, 2.75) is 13.1 Å². The number of aromatic nitrogens is 1. The monoisotopic (exact) mass is 258 g/mol. The number of fused-ring (bicyclic) bond motifs is 1. The molecule has 98 valence electrons. The summed E-state index contributed by atoms with van der Waals surface area (Å²) >= 11 is 0. The molecule has 1 aliphatic rings. The fraction of sp³-hybridized carbons (Fsp3) is 0.267. The summed E-state index contributed by atoms with van der Waals surface area (Å²) < 4.78 is 18.9. The van der Waals surface area contributed by atoms with E-state index in [1.54, 1.807) is 18.3 Å². The summed E-state index contributed by atoms with van der Waals surface area (Å²) in [5.41, 5.74) is 2.06. The lowest BCUT2D eigenvalue weighted by Gasteiger charge is -2.19. The molecular formula is C15H15FN2O. The number of halogens is 1. The van der Waals surface area contributed by atoms with Crippen LogP contribution in [0.15, 0.2) is 42.7 Å². The number of benzene rings is 1. The predicted octanol–water partition coefficient (Wildman–Crippen LogP) is 2.62. The molecule has 1 aromatic heterocycles. The first-order valence-electron chi connectivity index (χ1n) is 6.34. The molecule has 2 heterocycles. The topological polar surface area (TPSA) is 25.4 Å². The Morgan fingerprint density at radius 1 is 1.32 bits per heavy atom. The average Bonchev–Trinajstić information content (AvgIpc) is 2.61. The number of hydrogen-bond donors (Lipinski definition) is 0. The number of rotatable bonds is 2. The van der Waals surface area contributed by atoms with Crippen LogP contribution in [0.3, 0.4) is 0 Å². The molecule has 1 aliphatic heterocycles. The number of nitrogens with zero attached hydrogens (tertiary/aromatic N) is 2. The first-order valence-corrected chi connectivity index (χ1v) is 6.34. The molecule has 0 atom stereocenters. The Kier molecular flexibility index (Phi) is 3.42. The highest BCUT2D eigenvalue weighted by molar-refractivity contribution is 5.34. The van der Waals surface area contributed by atoms with E-state index in [0.717, 1.165) is 30.0 Å². The van der Waals surface area contributed by atoms with Crippen LogP contribution in [0.1, 0.15) is 11.1 Å².